The number of nitro benzene ring substituents is 1. The Morgan fingerprint density at radius 1 is 0.381 bits per heavy atom. The van der Waals surface area contributed by atoms with Crippen molar-refractivity contribution in [2.24, 2.45) is 22.1 Å². The molecule has 12 N–H and O–H groups in total. The summed E-state index contributed by atoms with van der Waals surface area (Å²) in [5.74, 6) is -8.77. The molecule has 0 radical (unpaired) electrons. The van der Waals surface area contributed by atoms with Crippen LogP contribution in [-0.2, 0) is 14.3 Å². The third-order valence-corrected chi connectivity index (χ3v) is 23.7. The summed E-state index contributed by atoms with van der Waals surface area (Å²) in [4.78, 5) is 190. The quantitative estimate of drug-likeness (QED) is 0.00631. The second-order valence-corrected chi connectivity index (χ2v) is 32.4. The summed E-state index contributed by atoms with van der Waals surface area (Å²) < 4.78 is 5.72. The number of nitrogens with zero attached hydrogens (tertiary/aromatic N) is 5. The van der Waals surface area contributed by atoms with E-state index in [1.54, 1.807) is 109 Å². The Kier molecular flexibility index (Phi) is 31.1. The lowest BCUT2D eigenvalue weighted by molar-refractivity contribution is -0.384. The molecule has 1 heterocycles. The van der Waals surface area contributed by atoms with Crippen LogP contribution < -0.4 is 68.7 Å². The third kappa shape index (κ3) is 25.0. The highest BCUT2D eigenvalue weighted by Crippen LogP contribution is 2.35. The van der Waals surface area contributed by atoms with E-state index in [-0.39, 0.29) is 52.2 Å². The van der Waals surface area contributed by atoms with Gasteiger partial charge in [0.25, 0.3) is 29.3 Å². The summed E-state index contributed by atoms with van der Waals surface area (Å²) in [6.07, 6.45) is 8.57. The second-order valence-electron chi connectivity index (χ2n) is 32.4. The topological polar surface area (TPSA) is 433 Å². The first-order valence-corrected chi connectivity index (χ1v) is 43.2. The van der Waals surface area contributed by atoms with Crippen LogP contribution in [-0.4, -0.2) is 162 Å². The van der Waals surface area contributed by atoms with E-state index in [1.165, 1.54) is 65.6 Å². The number of esters is 1. The Hall–Kier alpha value is -14.2. The summed E-state index contributed by atoms with van der Waals surface area (Å²) in [7, 11) is 0. The highest BCUT2D eigenvalue weighted by Gasteiger charge is 2.45. The van der Waals surface area contributed by atoms with Gasteiger partial charge in [-0.2, -0.15) is 10.2 Å². The van der Waals surface area contributed by atoms with Crippen LogP contribution in [0, 0.1) is 22.0 Å². The van der Waals surface area contributed by atoms with Crippen LogP contribution in [0.1, 0.15) is 185 Å². The maximum Gasteiger partial charge on any atom is 0.319 e. The van der Waals surface area contributed by atoms with Gasteiger partial charge in [-0.1, -0.05) is 124 Å². The first kappa shape index (κ1) is 89.6. The smallest absolute Gasteiger partial charge is 0.319 e. The van der Waals surface area contributed by atoms with Gasteiger partial charge in [0, 0.05) is 124 Å². The van der Waals surface area contributed by atoms with Crippen LogP contribution >= 0.6 is 0 Å². The van der Waals surface area contributed by atoms with Crippen molar-refractivity contribution < 1.29 is 67.2 Å². The van der Waals surface area contributed by atoms with Gasteiger partial charge in [-0.05, 0) is 180 Å². The van der Waals surface area contributed by atoms with Crippen molar-refractivity contribution in [3.8, 4) is 0 Å². The van der Waals surface area contributed by atoms with Crippen LogP contribution in [0.3, 0.4) is 0 Å². The number of Topliss-reactive ketones (excluding diaryl/α,β-unsaturated/α-hetero) is 2. The molecular weight excluding hydrogens is 1610 g/mol. The normalized spacial score (nSPS) is 20.2. The van der Waals surface area contributed by atoms with Crippen molar-refractivity contribution in [1.29, 1.82) is 0 Å². The van der Waals surface area contributed by atoms with Crippen LogP contribution in [0.2, 0.25) is 0 Å². The number of carbonyl (C=O) groups is 12. The Balaban J connectivity index is 0.807. The molecule has 5 fully saturated rings. The van der Waals surface area contributed by atoms with Crippen molar-refractivity contribution in [3.63, 3.8) is 0 Å². The van der Waals surface area contributed by atoms with E-state index >= 15 is 28.8 Å². The van der Waals surface area contributed by atoms with Crippen LogP contribution in [0.15, 0.2) is 216 Å². The summed E-state index contributed by atoms with van der Waals surface area (Å²) in [5.41, 5.74) is 2.77. The standard InChI is InChI=1S/C94H105N17O15/c1-2-109(71-43-39-69(40-44-71)107-108-70-41-45-72(46-42-70)111(124)125)49-50-126-84(113)48-47-83(112)110-57-73(85(114)59-51-61(87(116)99-75-31-15-19-35-79(75)103-91(120)95-65-23-7-3-8-24-65)55-62(52-59)88(117)100-76-32-16-20-36-80(76)104-92(121)96-66-25-9-4-10-26-66)74(58-110)86(115)60-53-63(89(118)101-77-33-17-21-37-81(77)105-93(122)97-67-27-11-5-12-28-67)56-64(54-60)90(119)102-78-34-18-22-38-82(78)106-94(123)98-68-29-13-6-14-30-68/h3-14,23-30,39-46,51-56,73-82H,2,15-22,31-38,47-50,57-58H2,1H3,(H,99,116)(H,100,117)(H,101,118)(H,102,119)(H2,95,103,120)(H2,96,104,121)(H2,97,105,122)(H2,98,106,123)/t73-,74-,75-,76-,77-,78-,79-,80-,81-,82-/m1/s1. The number of para-hydroxylation sites is 4. The number of likely N-dealkylation sites (N-methyl/N-ethyl adjacent to an activating group) is 1. The number of urea groups is 4. The van der Waals surface area contributed by atoms with Gasteiger partial charge in [0.1, 0.15) is 6.61 Å². The largest absolute Gasteiger partial charge is 0.464 e. The minimum atomic E-state index is -1.48. The zero-order valence-electron chi connectivity index (χ0n) is 70.0. The number of ether oxygens (including phenoxy) is 1. The summed E-state index contributed by atoms with van der Waals surface area (Å²) >= 11 is 0. The lowest BCUT2D eigenvalue weighted by Gasteiger charge is -2.33. The number of hydrogen-bond acceptors (Lipinski definition) is 18. The Morgan fingerprint density at radius 2 is 0.667 bits per heavy atom. The molecule has 4 saturated carbocycles. The van der Waals surface area contributed by atoms with Crippen molar-refractivity contribution in [3.05, 3.63) is 250 Å². The first-order valence-electron chi connectivity index (χ1n) is 43.2. The number of carbonyl (C=O) groups excluding carboxylic acids is 12. The van der Waals surface area contributed by atoms with Gasteiger partial charge in [-0.3, -0.25) is 48.5 Å². The average Bonchev–Trinajstić information content (AvgIpc) is 1.60. The van der Waals surface area contributed by atoms with Crippen LogP contribution in [0.25, 0.3) is 0 Å². The van der Waals surface area contributed by atoms with Crippen molar-refractivity contribution in [2.45, 2.75) is 171 Å². The molecule has 13 amide bonds. The second kappa shape index (κ2) is 43.7. The molecule has 8 aromatic carbocycles. The highest BCUT2D eigenvalue weighted by atomic mass is 16.6. The molecule has 0 bridgehead atoms. The van der Waals surface area contributed by atoms with Crippen molar-refractivity contribution >= 4 is 117 Å². The molecule has 10 atom stereocenters. The van der Waals surface area contributed by atoms with Gasteiger partial charge in [0.05, 0.1) is 65.3 Å². The molecule has 1 aliphatic heterocycles. The van der Waals surface area contributed by atoms with Gasteiger partial charge in [0.15, 0.2) is 11.6 Å². The zero-order chi connectivity index (χ0) is 88.4. The molecule has 126 heavy (non-hydrogen) atoms. The maximum absolute atomic E-state index is 16.3. The maximum atomic E-state index is 16.3. The van der Waals surface area contributed by atoms with Crippen molar-refractivity contribution in [2.75, 3.05) is 59.0 Å². The van der Waals surface area contributed by atoms with E-state index in [1.807, 2.05) is 48.2 Å². The number of rotatable bonds is 31. The summed E-state index contributed by atoms with van der Waals surface area (Å²) in [5, 5.41) is 55.4. The molecule has 32 nitrogen and oxygen atoms in total. The zero-order valence-corrected chi connectivity index (χ0v) is 70.0. The molecule has 5 aliphatic rings. The lowest BCUT2D eigenvalue weighted by atomic mass is 9.82. The number of amides is 13. The predicted molar refractivity (Wildman–Crippen MR) is 475 cm³/mol. The number of nitrogens with one attached hydrogen (secondary N) is 12. The Labute approximate surface area is 729 Å². The number of nitro groups is 1. The number of non-ortho nitro benzene ring substituents is 1. The molecule has 656 valence electrons. The predicted octanol–water partition coefficient (Wildman–Crippen LogP) is 14.5. The molecule has 0 spiro atoms. The fourth-order valence-corrected chi connectivity index (χ4v) is 17.0. The highest BCUT2D eigenvalue weighted by molar-refractivity contribution is 6.11. The molecule has 0 aromatic heterocycles. The van der Waals surface area contributed by atoms with Crippen LogP contribution in [0.4, 0.5) is 64.7 Å². The molecule has 13 rings (SSSR count). The molecule has 32 heteroatoms. The summed E-state index contributed by atoms with van der Waals surface area (Å²) in [6.45, 7) is 1.69. The van der Waals surface area contributed by atoms with E-state index in [0.717, 1.165) is 31.4 Å². The van der Waals surface area contributed by atoms with Gasteiger partial charge >= 0.3 is 30.1 Å². The Morgan fingerprint density at radius 3 is 0.960 bits per heavy atom. The minimum absolute atomic E-state index is 0.0797. The molecule has 4 aliphatic carbocycles. The lowest BCUT2D eigenvalue weighted by Crippen LogP contribution is -2.54. The van der Waals surface area contributed by atoms with E-state index in [4.69, 9.17) is 4.74 Å². The number of anilines is 5. The van der Waals surface area contributed by atoms with Gasteiger partial charge < -0.3 is 78.3 Å². The van der Waals surface area contributed by atoms with Gasteiger partial charge in [0.2, 0.25) is 5.91 Å². The third-order valence-electron chi connectivity index (χ3n) is 23.7. The minimum Gasteiger partial charge on any atom is -0.464 e. The molecule has 0 unspecified atom stereocenters. The van der Waals surface area contributed by atoms with E-state index in [2.05, 4.69) is 74.0 Å². The first-order chi connectivity index (χ1) is 61.1. The van der Waals surface area contributed by atoms with E-state index in [9.17, 15) is 38.9 Å². The average molecular weight is 1710 g/mol. The SMILES string of the molecule is CCN(CCOC(=O)CCC(=O)N1C[C@@H](C(=O)c2cc(C(=O)N[C@@H]3CCCC[C@H]3NC(=O)Nc3ccccc3)cc(C(=O)N[C@@H]3CCCC[C@H]3NC(=O)Nc3ccccc3)c2)[C@H](C(=O)c2cc(C(=O)N[C@@H]3CCCC[C@H]3NC(=O)Nc3ccccc3)cc(C(=O)N[C@@H]3CCCC[C@H]3NC(=O)Nc3ccccc3)c2)C1)c1ccc(N=Nc2ccc([N+](=O)[O-])cc2)cc1. The fourth-order valence-electron chi connectivity index (χ4n) is 17.0. The van der Waals surface area contributed by atoms with E-state index < -0.39 is 162 Å². The number of ketones is 2. The van der Waals surface area contributed by atoms with Crippen LogP contribution in [0.5, 0.6) is 0 Å². The van der Waals surface area contributed by atoms with Gasteiger partial charge in [-0.15, -0.1) is 0 Å². The molecule has 1 saturated heterocycles. The van der Waals surface area contributed by atoms with Gasteiger partial charge in [-0.25, -0.2) is 19.2 Å². The molecular formula is C94H105N17O15. The molecule has 8 aromatic rings. The number of azo groups is 1. The monoisotopic (exact) mass is 1710 g/mol. The number of likely N-dealkylation sites (tertiary alicyclic amines) is 1. The summed E-state index contributed by atoms with van der Waals surface area (Å²) in [6, 6.07) is 49.2. The Bertz CT molecular complexity index is 4780. The fraction of sp³-hybridized carbons (Fsp3) is 0.362. The number of hydrogen-bond donors (Lipinski definition) is 12. The number of benzene rings is 8. The van der Waals surface area contributed by atoms with Crippen molar-refractivity contribution in [1.82, 2.24) is 47.4 Å². The van der Waals surface area contributed by atoms with E-state index in [0.29, 0.717) is 118 Å².